The van der Waals surface area contributed by atoms with Crippen LogP contribution in [0.25, 0.3) is 0 Å². The molecule has 0 atom stereocenters. The van der Waals surface area contributed by atoms with Crippen LogP contribution in [0.3, 0.4) is 0 Å². The zero-order chi connectivity index (χ0) is 17.8. The molecule has 0 fully saturated rings. The van der Waals surface area contributed by atoms with Crippen molar-refractivity contribution in [3.8, 4) is 5.75 Å². The number of rotatable bonds is 6. The average Bonchev–Trinajstić information content (AvgIpc) is 2.52. The number of hydrogen-bond acceptors (Lipinski definition) is 4. The van der Waals surface area contributed by atoms with Crippen LogP contribution in [0.5, 0.6) is 5.75 Å². The Bertz CT molecular complexity index is 820. The quantitative estimate of drug-likeness (QED) is 0.805. The molecule has 1 N–H and O–H groups in total. The lowest BCUT2D eigenvalue weighted by Crippen LogP contribution is -2.29. The molecule has 0 bridgehead atoms. The van der Waals surface area contributed by atoms with E-state index in [0.29, 0.717) is 0 Å². The van der Waals surface area contributed by atoms with Crippen LogP contribution in [0.4, 0.5) is 13.2 Å². The number of ketones is 1. The fourth-order valence-corrected chi connectivity index (χ4v) is 2.82. The zero-order valence-electron chi connectivity index (χ0n) is 12.1. The largest absolute Gasteiger partial charge is 0.573 e. The van der Waals surface area contributed by atoms with Gasteiger partial charge in [-0.05, 0) is 24.3 Å². The lowest BCUT2D eigenvalue weighted by atomic mass is 10.1. The minimum absolute atomic E-state index is 0.0213. The first kappa shape index (κ1) is 18.0. The third-order valence-electron chi connectivity index (χ3n) is 2.87. The molecule has 2 rings (SSSR count). The van der Waals surface area contributed by atoms with Crippen LogP contribution >= 0.6 is 0 Å². The summed E-state index contributed by atoms with van der Waals surface area (Å²) in [4.78, 5) is 12.0. The first-order valence-electron chi connectivity index (χ1n) is 6.61. The minimum atomic E-state index is -4.88. The van der Waals surface area contributed by atoms with E-state index in [1.54, 1.807) is 6.07 Å². The molecule has 0 amide bonds. The summed E-state index contributed by atoms with van der Waals surface area (Å²) in [6.45, 7) is -0.591. The number of ether oxygens (including phenoxy) is 1. The normalized spacial score (nSPS) is 12.0. The molecule has 0 unspecified atom stereocenters. The van der Waals surface area contributed by atoms with E-state index in [0.717, 1.165) is 12.1 Å². The van der Waals surface area contributed by atoms with Crippen molar-refractivity contribution in [3.05, 3.63) is 60.2 Å². The molecular weight excluding hydrogens is 347 g/mol. The van der Waals surface area contributed by atoms with E-state index in [9.17, 15) is 26.4 Å². The molecule has 0 aliphatic carbocycles. The molecule has 0 saturated carbocycles. The molecule has 0 aliphatic rings. The first-order chi connectivity index (χ1) is 11.2. The molecule has 0 radical (unpaired) electrons. The number of carbonyl (C=O) groups excluding carboxylic acids is 1. The lowest BCUT2D eigenvalue weighted by Gasteiger charge is -2.10. The van der Waals surface area contributed by atoms with E-state index >= 15 is 0 Å². The Labute approximate surface area is 136 Å². The summed E-state index contributed by atoms with van der Waals surface area (Å²) in [5.74, 6) is -1.25. The molecule has 24 heavy (non-hydrogen) atoms. The Kier molecular flexibility index (Phi) is 5.25. The van der Waals surface area contributed by atoms with Crippen molar-refractivity contribution in [2.45, 2.75) is 11.3 Å². The Morgan fingerprint density at radius 2 is 1.71 bits per heavy atom. The number of sulfonamides is 1. The predicted molar refractivity (Wildman–Crippen MR) is 79.1 cm³/mol. The second-order valence-corrected chi connectivity index (χ2v) is 6.40. The second kappa shape index (κ2) is 7.02. The number of Topliss-reactive ketones (excluding diaryl/α,β-unsaturated/α-hetero) is 1. The van der Waals surface area contributed by atoms with Gasteiger partial charge < -0.3 is 4.74 Å². The summed E-state index contributed by atoms with van der Waals surface area (Å²) in [7, 11) is -3.88. The van der Waals surface area contributed by atoms with E-state index in [1.165, 1.54) is 36.4 Å². The number of hydrogen-bond donors (Lipinski definition) is 1. The van der Waals surface area contributed by atoms with Gasteiger partial charge in [-0.25, -0.2) is 13.1 Å². The summed E-state index contributed by atoms with van der Waals surface area (Å²) in [6.07, 6.45) is -4.88. The highest BCUT2D eigenvalue weighted by molar-refractivity contribution is 7.89. The van der Waals surface area contributed by atoms with Gasteiger partial charge in [0.05, 0.1) is 11.4 Å². The van der Waals surface area contributed by atoms with Gasteiger partial charge in [-0.1, -0.05) is 30.3 Å². The molecule has 0 aromatic heterocycles. The van der Waals surface area contributed by atoms with Crippen LogP contribution in [0.1, 0.15) is 10.4 Å². The van der Waals surface area contributed by atoms with Gasteiger partial charge in [-0.15, -0.1) is 13.2 Å². The van der Waals surface area contributed by atoms with Crippen LogP contribution < -0.4 is 9.46 Å². The van der Waals surface area contributed by atoms with Crippen molar-refractivity contribution in [2.24, 2.45) is 0 Å². The monoisotopic (exact) mass is 359 g/mol. The van der Waals surface area contributed by atoms with Crippen LogP contribution in [0.2, 0.25) is 0 Å². The van der Waals surface area contributed by atoms with Gasteiger partial charge in [0, 0.05) is 5.56 Å². The summed E-state index contributed by atoms with van der Waals surface area (Å²) >= 11 is 0. The van der Waals surface area contributed by atoms with Crippen LogP contribution in [-0.2, 0) is 10.0 Å². The highest BCUT2D eigenvalue weighted by Gasteiger charge is 2.31. The molecule has 2 aromatic rings. The summed E-state index contributed by atoms with van der Waals surface area (Å²) in [5, 5.41) is 0. The van der Waals surface area contributed by atoms with Crippen molar-refractivity contribution >= 4 is 15.8 Å². The first-order valence-corrected chi connectivity index (χ1v) is 8.09. The fourth-order valence-electron chi connectivity index (χ4n) is 1.81. The van der Waals surface area contributed by atoms with Crippen molar-refractivity contribution in [3.63, 3.8) is 0 Å². The van der Waals surface area contributed by atoms with E-state index in [1.807, 2.05) is 0 Å². The van der Waals surface area contributed by atoms with Crippen molar-refractivity contribution in [2.75, 3.05) is 6.54 Å². The van der Waals surface area contributed by atoms with Gasteiger partial charge in [-0.2, -0.15) is 0 Å². The molecule has 5 nitrogen and oxygen atoms in total. The van der Waals surface area contributed by atoms with Gasteiger partial charge in [0.2, 0.25) is 10.0 Å². The maximum Gasteiger partial charge on any atom is 0.573 e. The van der Waals surface area contributed by atoms with Crippen molar-refractivity contribution in [1.29, 1.82) is 0 Å². The molecule has 0 aliphatic heterocycles. The van der Waals surface area contributed by atoms with E-state index in [-0.39, 0.29) is 10.5 Å². The lowest BCUT2D eigenvalue weighted by molar-refractivity contribution is -0.274. The van der Waals surface area contributed by atoms with E-state index in [2.05, 4.69) is 9.46 Å². The van der Waals surface area contributed by atoms with Gasteiger partial charge in [0.25, 0.3) is 0 Å². The van der Waals surface area contributed by atoms with Crippen LogP contribution in [0.15, 0.2) is 59.5 Å². The van der Waals surface area contributed by atoms with Gasteiger partial charge in [-0.3, -0.25) is 4.79 Å². The van der Waals surface area contributed by atoms with E-state index < -0.39 is 34.5 Å². The number of benzene rings is 2. The topological polar surface area (TPSA) is 72.5 Å². The number of carbonyl (C=O) groups is 1. The van der Waals surface area contributed by atoms with Crippen LogP contribution in [0, 0.1) is 0 Å². The number of nitrogens with one attached hydrogen (secondary N) is 1. The number of halogens is 3. The standard InChI is InChI=1S/C15H12F3NO4S/c16-15(17,18)23-12-6-4-5-11(9-12)14(20)10-19-24(21,22)13-7-2-1-3-8-13/h1-9,19H,10H2. The molecule has 9 heteroatoms. The molecule has 2 aromatic carbocycles. The van der Waals surface area contributed by atoms with Gasteiger partial charge in [0.1, 0.15) is 5.75 Å². The summed E-state index contributed by atoms with van der Waals surface area (Å²) in [6, 6.07) is 11.8. The van der Waals surface area contributed by atoms with Crippen LogP contribution in [-0.4, -0.2) is 27.1 Å². The minimum Gasteiger partial charge on any atom is -0.406 e. The Morgan fingerprint density at radius 3 is 2.33 bits per heavy atom. The molecule has 0 spiro atoms. The fraction of sp³-hybridized carbons (Fsp3) is 0.133. The summed E-state index contributed by atoms with van der Waals surface area (Å²) < 4.78 is 66.3. The van der Waals surface area contributed by atoms with Crippen molar-refractivity contribution in [1.82, 2.24) is 4.72 Å². The maximum atomic E-state index is 12.2. The maximum absolute atomic E-state index is 12.2. The molecular formula is C15H12F3NO4S. The zero-order valence-corrected chi connectivity index (χ0v) is 12.9. The Balaban J connectivity index is 2.07. The highest BCUT2D eigenvalue weighted by Crippen LogP contribution is 2.23. The van der Waals surface area contributed by atoms with E-state index in [4.69, 9.17) is 0 Å². The third kappa shape index (κ3) is 5.07. The number of alkyl halides is 3. The third-order valence-corrected chi connectivity index (χ3v) is 4.28. The van der Waals surface area contributed by atoms with Crippen molar-refractivity contribution < 1.29 is 31.1 Å². The highest BCUT2D eigenvalue weighted by atomic mass is 32.2. The van der Waals surface area contributed by atoms with Gasteiger partial charge in [0.15, 0.2) is 5.78 Å². The molecule has 128 valence electrons. The Morgan fingerprint density at radius 1 is 1.04 bits per heavy atom. The molecule has 0 heterocycles. The Hall–Kier alpha value is -2.39. The predicted octanol–water partition coefficient (Wildman–Crippen LogP) is 2.75. The SMILES string of the molecule is O=C(CNS(=O)(=O)c1ccccc1)c1cccc(OC(F)(F)F)c1. The summed E-state index contributed by atoms with van der Waals surface area (Å²) in [5.41, 5.74) is -0.104. The molecule has 0 saturated heterocycles. The smallest absolute Gasteiger partial charge is 0.406 e. The average molecular weight is 359 g/mol. The van der Waals surface area contributed by atoms with Gasteiger partial charge >= 0.3 is 6.36 Å². The second-order valence-electron chi connectivity index (χ2n) is 4.64.